The summed E-state index contributed by atoms with van der Waals surface area (Å²) in [5.41, 5.74) is 49.7. The molecular formula is C61H80N20O13. The van der Waals surface area contributed by atoms with E-state index in [1.807, 2.05) is 0 Å². The molecule has 0 aromatic heterocycles. The molecule has 0 radical (unpaired) electrons. The fraction of sp³-hybridized carbons (Fsp3) is 0.393. The average Bonchev–Trinajstić information content (AvgIpc) is 1.40. The molecule has 11 amide bonds. The van der Waals surface area contributed by atoms with Crippen LogP contribution in [0.5, 0.6) is 11.5 Å². The third-order valence-corrected chi connectivity index (χ3v) is 15.0. The van der Waals surface area contributed by atoms with Crippen molar-refractivity contribution in [3.8, 4) is 11.5 Å². The number of rotatable bonds is 36. The molecule has 0 spiro atoms. The molecule has 0 bridgehead atoms. The van der Waals surface area contributed by atoms with E-state index in [9.17, 15) is 63.0 Å². The van der Waals surface area contributed by atoms with Crippen molar-refractivity contribution in [3.63, 3.8) is 0 Å². The highest BCUT2D eigenvalue weighted by Crippen LogP contribution is 2.23. The Morgan fingerprint density at radius 3 is 1.59 bits per heavy atom. The summed E-state index contributed by atoms with van der Waals surface area (Å²) < 4.78 is 0. The van der Waals surface area contributed by atoms with Crippen LogP contribution in [0.4, 0.5) is 5.69 Å². The van der Waals surface area contributed by atoms with Crippen LogP contribution in [0, 0.1) is 0 Å². The zero-order valence-electron chi connectivity index (χ0n) is 51.6. The molecular weight excluding hydrogens is 1220 g/mol. The summed E-state index contributed by atoms with van der Waals surface area (Å²) in [5, 5.41) is 38.8. The molecule has 0 unspecified atom stereocenters. The van der Waals surface area contributed by atoms with Gasteiger partial charge in [0.2, 0.25) is 59.1 Å². The molecule has 1 heterocycles. The van der Waals surface area contributed by atoms with Crippen molar-refractivity contribution in [2.45, 2.75) is 125 Å². The van der Waals surface area contributed by atoms with Crippen LogP contribution in [-0.2, 0) is 67.2 Å². The Morgan fingerprint density at radius 2 is 1.04 bits per heavy atom. The number of azide groups is 1. The van der Waals surface area contributed by atoms with Crippen molar-refractivity contribution in [2.24, 2.45) is 55.2 Å². The van der Waals surface area contributed by atoms with Crippen molar-refractivity contribution in [1.29, 1.82) is 0 Å². The van der Waals surface area contributed by atoms with E-state index >= 15 is 0 Å². The fourth-order valence-electron chi connectivity index (χ4n) is 10.1. The van der Waals surface area contributed by atoms with Crippen LogP contribution < -0.4 is 72.0 Å². The van der Waals surface area contributed by atoms with Gasteiger partial charge in [-0.2, -0.15) is 0 Å². The van der Waals surface area contributed by atoms with Gasteiger partial charge in [0.1, 0.15) is 59.8 Å². The Labute approximate surface area is 540 Å². The summed E-state index contributed by atoms with van der Waals surface area (Å²) in [4.78, 5) is 166. The number of benzene rings is 4. The summed E-state index contributed by atoms with van der Waals surface area (Å²) in [6.07, 6.45) is -2.12. The minimum atomic E-state index is -1.89. The van der Waals surface area contributed by atoms with Crippen LogP contribution in [-0.4, -0.2) is 172 Å². The van der Waals surface area contributed by atoms with Gasteiger partial charge < -0.3 is 92.0 Å². The lowest BCUT2D eigenvalue weighted by atomic mass is 10.0. The van der Waals surface area contributed by atoms with Gasteiger partial charge in [-0.25, -0.2) is 0 Å². The number of hydrogen-bond acceptors (Lipinski definition) is 16. The number of primary amides is 3. The summed E-state index contributed by atoms with van der Waals surface area (Å²) >= 11 is 0. The standard InChI is InChI=1S/C61H80N20O13/c1-80(58(93)37-17-19-38(20-18-37)78-79-69)48(32-36-15-23-40(83)24-16-36)57(92)77-45(31-34-8-3-2-4-9-34)54(89)72-42(25-26-49(62)84)53(88)76-46(33-50(63)85)55(90)74-43(11-6-28-71-61(67)68)59(94)81-29-7-12-47(81)56(91)73-41(10-5-27-70-60(65)66)52(87)75-44(51(64)86)30-35-13-21-39(82)22-14-35/h2-4,8-9,13-24,41-48,82-83H,5-7,10-12,25-33H2,1H3,(H2,62,84)(H2,63,85)(H2,64,86)(H,72,89)(H,73,91)(H,74,90)(H,75,87)(H,76,88)(H,77,92)(H4,65,66,70)(H4,67,68,71)/t41-,42-,43-,44-,45-,46-,47-,48-/m0/s1. The van der Waals surface area contributed by atoms with Crippen molar-refractivity contribution in [3.05, 3.63) is 136 Å². The fourth-order valence-corrected chi connectivity index (χ4v) is 10.1. The summed E-state index contributed by atoms with van der Waals surface area (Å²) in [5.74, 6) is -10.8. The molecule has 1 saturated heterocycles. The SMILES string of the molecule is CN(C(=O)c1ccc(N=[N+]=[N-])cc1)[C@@H](Cc1ccc(O)cc1)C(=O)N[C@@H](Cc1ccccc1)C(=O)N[C@@H](CCC(N)=O)C(=O)N[C@@H](CC(N)=O)C(=O)N[C@@H](CCCN=C(N)N)C(=O)N1CCC[C@H]1C(=O)N[C@@H](CCCN=C(N)N)C(=O)N[C@@H](Cc1ccc(O)cc1)C(N)=O. The molecule has 5 rings (SSSR count). The molecule has 1 aliphatic rings. The van der Waals surface area contributed by atoms with Gasteiger partial charge in [-0.1, -0.05) is 71.8 Å². The largest absolute Gasteiger partial charge is 0.508 e. The number of likely N-dealkylation sites (N-methyl/N-ethyl adjacent to an activating group) is 1. The van der Waals surface area contributed by atoms with E-state index in [0.717, 1.165) is 4.90 Å². The number of aromatic hydroxyl groups is 2. The van der Waals surface area contributed by atoms with Crippen LogP contribution in [0.1, 0.15) is 84.8 Å². The van der Waals surface area contributed by atoms with E-state index in [4.69, 9.17) is 45.7 Å². The van der Waals surface area contributed by atoms with Crippen molar-refractivity contribution < 1.29 is 63.0 Å². The van der Waals surface area contributed by atoms with E-state index in [2.05, 4.69) is 51.9 Å². The first-order chi connectivity index (χ1) is 44.7. The van der Waals surface area contributed by atoms with Crippen LogP contribution in [0.2, 0.25) is 0 Å². The molecule has 33 nitrogen and oxygen atoms in total. The maximum absolute atomic E-state index is 14.8. The van der Waals surface area contributed by atoms with E-state index in [1.165, 1.54) is 84.7 Å². The average molecular weight is 1300 g/mol. The van der Waals surface area contributed by atoms with Crippen LogP contribution in [0.25, 0.3) is 10.4 Å². The molecule has 4 aromatic carbocycles. The van der Waals surface area contributed by atoms with E-state index in [0.29, 0.717) is 16.7 Å². The minimum absolute atomic E-state index is 0.0348. The number of amides is 11. The number of carbonyl (C=O) groups is 11. The molecule has 94 heavy (non-hydrogen) atoms. The quantitative estimate of drug-likeness (QED) is 0.00576. The van der Waals surface area contributed by atoms with E-state index < -0.39 is 133 Å². The Morgan fingerprint density at radius 1 is 0.564 bits per heavy atom. The van der Waals surface area contributed by atoms with E-state index in [1.54, 1.807) is 30.3 Å². The van der Waals surface area contributed by atoms with Crippen molar-refractivity contribution in [1.82, 2.24) is 41.7 Å². The summed E-state index contributed by atoms with van der Waals surface area (Å²) in [6, 6.07) is 13.7. The number of nitrogens with one attached hydrogen (secondary N) is 6. The Hall–Kier alpha value is -11.5. The van der Waals surface area contributed by atoms with Gasteiger partial charge >= 0.3 is 0 Å². The zero-order valence-corrected chi connectivity index (χ0v) is 51.6. The Kier molecular flexibility index (Phi) is 28.3. The third kappa shape index (κ3) is 23.7. The lowest BCUT2D eigenvalue weighted by Gasteiger charge is -2.31. The van der Waals surface area contributed by atoms with Gasteiger partial charge in [0.25, 0.3) is 5.91 Å². The number of guanidine groups is 2. The first-order valence-corrected chi connectivity index (χ1v) is 29.8. The predicted molar refractivity (Wildman–Crippen MR) is 342 cm³/mol. The monoisotopic (exact) mass is 1300 g/mol. The minimum Gasteiger partial charge on any atom is -0.508 e. The first-order valence-electron chi connectivity index (χ1n) is 29.8. The third-order valence-electron chi connectivity index (χ3n) is 15.0. The predicted octanol–water partition coefficient (Wildman–Crippen LogP) is -2.16. The molecule has 1 aliphatic heterocycles. The molecule has 502 valence electrons. The van der Waals surface area contributed by atoms with Crippen LogP contribution in [0.15, 0.2) is 118 Å². The normalized spacial score (nSPS) is 14.6. The second kappa shape index (κ2) is 36.4. The number of hydrogen-bond donors (Lipinski definition) is 15. The number of aliphatic imine (C=N–C) groups is 2. The molecule has 22 N–H and O–H groups in total. The second-order valence-electron chi connectivity index (χ2n) is 22.1. The number of nitrogens with zero attached hydrogens (tertiary/aromatic N) is 7. The number of likely N-dealkylation sites (tertiary alicyclic amines) is 1. The molecule has 33 heteroatoms. The van der Waals surface area contributed by atoms with Gasteiger partial charge in [-0.15, -0.1) is 0 Å². The van der Waals surface area contributed by atoms with Gasteiger partial charge in [-0.3, -0.25) is 62.7 Å². The van der Waals surface area contributed by atoms with Gasteiger partial charge in [0.05, 0.1) is 6.42 Å². The molecule has 1 fully saturated rings. The van der Waals surface area contributed by atoms with Gasteiger partial charge in [0, 0.05) is 68.5 Å². The smallest absolute Gasteiger partial charge is 0.254 e. The van der Waals surface area contributed by atoms with Crippen molar-refractivity contribution in [2.75, 3.05) is 26.7 Å². The highest BCUT2D eigenvalue weighted by molar-refractivity contribution is 6.01. The lowest BCUT2D eigenvalue weighted by molar-refractivity contribution is -0.143. The number of phenolic OH excluding ortho intramolecular Hbond substituents is 2. The van der Waals surface area contributed by atoms with E-state index in [-0.39, 0.29) is 112 Å². The van der Waals surface area contributed by atoms with Gasteiger partial charge in [-0.05, 0) is 104 Å². The second-order valence-corrected chi connectivity index (χ2v) is 22.1. The van der Waals surface area contributed by atoms with Crippen LogP contribution >= 0.6 is 0 Å². The summed E-state index contributed by atoms with van der Waals surface area (Å²) in [7, 11) is 1.35. The maximum atomic E-state index is 14.8. The molecule has 0 aliphatic carbocycles. The number of carbonyl (C=O) groups excluding carboxylic acids is 11. The van der Waals surface area contributed by atoms with Crippen LogP contribution in [0.3, 0.4) is 0 Å². The number of phenols is 2. The van der Waals surface area contributed by atoms with Crippen molar-refractivity contribution >= 4 is 82.6 Å². The zero-order chi connectivity index (χ0) is 69.0. The highest BCUT2D eigenvalue weighted by Gasteiger charge is 2.41. The maximum Gasteiger partial charge on any atom is 0.254 e. The first kappa shape index (κ1) is 73.2. The lowest BCUT2D eigenvalue weighted by Crippen LogP contribution is -2.61. The molecule has 0 saturated carbocycles. The highest BCUT2D eigenvalue weighted by atomic mass is 16.3. The van der Waals surface area contributed by atoms with Gasteiger partial charge in [0.15, 0.2) is 11.9 Å². The molecule has 4 aromatic rings. The Balaban J connectivity index is 1.41. The topological polar surface area (TPSA) is 563 Å². The number of nitrogens with two attached hydrogens (primary N) is 7. The Bertz CT molecular complexity index is 3430. The summed E-state index contributed by atoms with van der Waals surface area (Å²) in [6.45, 7) is -0.0540. The molecule has 8 atom stereocenters.